The molecule has 2 rings (SSSR count). The predicted molar refractivity (Wildman–Crippen MR) is 83.5 cm³/mol. The van der Waals surface area contributed by atoms with Gasteiger partial charge in [0.05, 0.1) is 13.5 Å². The van der Waals surface area contributed by atoms with Crippen molar-refractivity contribution in [1.29, 1.82) is 0 Å². The summed E-state index contributed by atoms with van der Waals surface area (Å²) < 4.78 is 5.07. The zero-order valence-corrected chi connectivity index (χ0v) is 12.3. The van der Waals surface area contributed by atoms with Gasteiger partial charge in [-0.2, -0.15) is 0 Å². The quantitative estimate of drug-likeness (QED) is 0.851. The minimum Gasteiger partial charge on any atom is -0.497 e. The van der Waals surface area contributed by atoms with Gasteiger partial charge in [0, 0.05) is 12.1 Å². The third kappa shape index (κ3) is 4.34. The number of nitrogens with one attached hydrogen (secondary N) is 1. The minimum absolute atomic E-state index is 0.0883. The van der Waals surface area contributed by atoms with Gasteiger partial charge in [-0.25, -0.2) is 0 Å². The third-order valence-electron chi connectivity index (χ3n) is 3.22. The Labute approximate surface area is 129 Å². The van der Waals surface area contributed by atoms with E-state index in [-0.39, 0.29) is 5.91 Å². The van der Waals surface area contributed by atoms with Crippen LogP contribution in [-0.2, 0) is 17.8 Å². The lowest BCUT2D eigenvalue weighted by molar-refractivity contribution is -0.120. The number of methoxy groups -OCH3 is 1. The lowest BCUT2D eigenvalue weighted by Gasteiger charge is -2.07. The maximum atomic E-state index is 11.9. The van der Waals surface area contributed by atoms with Crippen molar-refractivity contribution in [3.05, 3.63) is 65.2 Å². The van der Waals surface area contributed by atoms with E-state index in [2.05, 4.69) is 5.32 Å². The highest BCUT2D eigenvalue weighted by molar-refractivity contribution is 5.92. The van der Waals surface area contributed by atoms with Gasteiger partial charge >= 0.3 is 0 Å². The number of hydrogen-bond donors (Lipinski definition) is 2. The molecule has 0 aliphatic carbocycles. The molecule has 0 aliphatic heterocycles. The zero-order valence-electron chi connectivity index (χ0n) is 12.3. The summed E-state index contributed by atoms with van der Waals surface area (Å²) in [5, 5.41) is 2.82. The molecule has 0 radical (unpaired) electrons. The van der Waals surface area contributed by atoms with Crippen LogP contribution in [0, 0.1) is 0 Å². The van der Waals surface area contributed by atoms with Gasteiger partial charge in [0.25, 0.3) is 0 Å². The van der Waals surface area contributed by atoms with Crippen LogP contribution in [0.2, 0.25) is 0 Å². The fourth-order valence-electron chi connectivity index (χ4n) is 2.03. The molecule has 0 heterocycles. The zero-order chi connectivity index (χ0) is 15.9. The van der Waals surface area contributed by atoms with Crippen molar-refractivity contribution in [3.63, 3.8) is 0 Å². The molecule has 2 aromatic rings. The highest BCUT2D eigenvalue weighted by Crippen LogP contribution is 2.11. The van der Waals surface area contributed by atoms with Crippen LogP contribution >= 0.6 is 0 Å². The summed E-state index contributed by atoms with van der Waals surface area (Å²) in [7, 11) is 1.60. The van der Waals surface area contributed by atoms with Gasteiger partial charge in [-0.15, -0.1) is 0 Å². The summed E-state index contributed by atoms with van der Waals surface area (Å²) in [6.07, 6.45) is 0.291. The van der Waals surface area contributed by atoms with Crippen LogP contribution in [-0.4, -0.2) is 18.9 Å². The molecule has 0 saturated heterocycles. The van der Waals surface area contributed by atoms with E-state index in [1.165, 1.54) is 0 Å². The van der Waals surface area contributed by atoms with Gasteiger partial charge in [0.2, 0.25) is 11.8 Å². The Morgan fingerprint density at radius 2 is 1.82 bits per heavy atom. The van der Waals surface area contributed by atoms with E-state index in [0.29, 0.717) is 18.5 Å². The van der Waals surface area contributed by atoms with E-state index in [4.69, 9.17) is 10.5 Å². The van der Waals surface area contributed by atoms with Gasteiger partial charge in [0.15, 0.2) is 0 Å². The number of hydrogen-bond acceptors (Lipinski definition) is 3. The molecule has 0 fully saturated rings. The molecule has 0 bridgehead atoms. The number of carbonyl (C=O) groups excluding carboxylic acids is 2. The van der Waals surface area contributed by atoms with E-state index >= 15 is 0 Å². The fraction of sp³-hybridized carbons (Fsp3) is 0.176. The maximum absolute atomic E-state index is 11.9. The Balaban J connectivity index is 1.89. The SMILES string of the molecule is COc1ccc(CC(=O)NCc2cccc(C(N)=O)c2)cc1. The molecule has 0 aromatic heterocycles. The molecule has 5 nitrogen and oxygen atoms in total. The van der Waals surface area contributed by atoms with Crippen LogP contribution in [0.25, 0.3) is 0 Å². The minimum atomic E-state index is -0.480. The first kappa shape index (κ1) is 15.6. The topological polar surface area (TPSA) is 81.4 Å². The number of amides is 2. The van der Waals surface area contributed by atoms with Gasteiger partial charge in [-0.05, 0) is 35.4 Å². The van der Waals surface area contributed by atoms with Gasteiger partial charge in [-0.1, -0.05) is 24.3 Å². The first-order chi connectivity index (χ1) is 10.6. The average Bonchev–Trinajstić information content (AvgIpc) is 2.54. The Bertz CT molecular complexity index is 666. The van der Waals surface area contributed by atoms with Crippen LogP contribution in [0.5, 0.6) is 5.75 Å². The number of primary amides is 1. The number of rotatable bonds is 6. The van der Waals surface area contributed by atoms with E-state index in [0.717, 1.165) is 16.9 Å². The number of ether oxygens (including phenoxy) is 1. The van der Waals surface area contributed by atoms with Crippen LogP contribution in [0.15, 0.2) is 48.5 Å². The second kappa shape index (κ2) is 7.26. The van der Waals surface area contributed by atoms with Crippen LogP contribution in [0.3, 0.4) is 0 Å². The summed E-state index contributed by atoms with van der Waals surface area (Å²) in [6.45, 7) is 0.357. The third-order valence-corrected chi connectivity index (χ3v) is 3.22. The van der Waals surface area contributed by atoms with Crippen molar-refractivity contribution in [3.8, 4) is 5.75 Å². The molecule has 2 aromatic carbocycles. The highest BCUT2D eigenvalue weighted by Gasteiger charge is 2.05. The second-order valence-corrected chi connectivity index (χ2v) is 4.87. The monoisotopic (exact) mass is 298 g/mol. The molecule has 114 valence electrons. The van der Waals surface area contributed by atoms with Crippen LogP contribution in [0.1, 0.15) is 21.5 Å². The van der Waals surface area contributed by atoms with Crippen molar-refractivity contribution >= 4 is 11.8 Å². The van der Waals surface area contributed by atoms with Gasteiger partial charge in [-0.3, -0.25) is 9.59 Å². The predicted octanol–water partition coefficient (Wildman–Crippen LogP) is 1.65. The van der Waals surface area contributed by atoms with Crippen molar-refractivity contribution in [1.82, 2.24) is 5.32 Å². The highest BCUT2D eigenvalue weighted by atomic mass is 16.5. The Morgan fingerprint density at radius 1 is 1.09 bits per heavy atom. The average molecular weight is 298 g/mol. The molecule has 0 atom stereocenters. The Kier molecular flexibility index (Phi) is 5.14. The molecular formula is C17H18N2O3. The van der Waals surface area contributed by atoms with Crippen molar-refractivity contribution in [2.24, 2.45) is 5.73 Å². The molecule has 0 saturated carbocycles. The number of nitrogens with two attached hydrogens (primary N) is 1. The molecule has 3 N–H and O–H groups in total. The van der Waals surface area contributed by atoms with E-state index in [1.54, 1.807) is 25.3 Å². The van der Waals surface area contributed by atoms with Crippen molar-refractivity contribution in [2.75, 3.05) is 7.11 Å². The van der Waals surface area contributed by atoms with Crippen LogP contribution in [0.4, 0.5) is 0 Å². The Morgan fingerprint density at radius 3 is 2.45 bits per heavy atom. The molecule has 0 unspecified atom stereocenters. The van der Waals surface area contributed by atoms with E-state index in [1.807, 2.05) is 30.3 Å². The first-order valence-electron chi connectivity index (χ1n) is 6.87. The summed E-state index contributed by atoms with van der Waals surface area (Å²) in [4.78, 5) is 23.0. The first-order valence-corrected chi connectivity index (χ1v) is 6.87. The Hall–Kier alpha value is -2.82. The number of benzene rings is 2. The largest absolute Gasteiger partial charge is 0.497 e. The molecular weight excluding hydrogens is 280 g/mol. The normalized spacial score (nSPS) is 10.0. The lowest BCUT2D eigenvalue weighted by atomic mass is 10.1. The number of carbonyl (C=O) groups is 2. The molecule has 0 aliphatic rings. The summed E-state index contributed by atoms with van der Waals surface area (Å²) >= 11 is 0. The molecule has 5 heteroatoms. The van der Waals surface area contributed by atoms with Crippen molar-refractivity contribution in [2.45, 2.75) is 13.0 Å². The summed E-state index contributed by atoms with van der Waals surface area (Å²) in [5.74, 6) is 0.188. The molecule has 22 heavy (non-hydrogen) atoms. The van der Waals surface area contributed by atoms with Gasteiger partial charge < -0.3 is 15.8 Å². The lowest BCUT2D eigenvalue weighted by Crippen LogP contribution is -2.24. The molecule has 2 amide bonds. The smallest absolute Gasteiger partial charge is 0.248 e. The standard InChI is InChI=1S/C17H18N2O3/c1-22-15-7-5-12(6-8-15)10-16(20)19-11-13-3-2-4-14(9-13)17(18)21/h2-9H,10-11H2,1H3,(H2,18,21)(H,19,20). The second-order valence-electron chi connectivity index (χ2n) is 4.87. The fourth-order valence-corrected chi connectivity index (χ4v) is 2.03. The summed E-state index contributed by atoms with van der Waals surface area (Å²) in [5.41, 5.74) is 7.40. The van der Waals surface area contributed by atoms with E-state index in [9.17, 15) is 9.59 Å². The van der Waals surface area contributed by atoms with Crippen molar-refractivity contribution < 1.29 is 14.3 Å². The maximum Gasteiger partial charge on any atom is 0.248 e. The van der Waals surface area contributed by atoms with Gasteiger partial charge in [0.1, 0.15) is 5.75 Å². The molecule has 0 spiro atoms. The van der Waals surface area contributed by atoms with E-state index < -0.39 is 5.91 Å². The van der Waals surface area contributed by atoms with Crippen LogP contribution < -0.4 is 15.8 Å². The summed E-state index contributed by atoms with van der Waals surface area (Å²) in [6, 6.07) is 14.2.